The number of hydrogen-bond donors (Lipinski definition) is 1. The number of nitrogens with one attached hydrogen (secondary N) is 1. The first kappa shape index (κ1) is 18.0. The Morgan fingerprint density at radius 2 is 2.12 bits per heavy atom. The van der Waals surface area contributed by atoms with Crippen LogP contribution in [0.3, 0.4) is 0 Å². The van der Waals surface area contributed by atoms with E-state index in [1.54, 1.807) is 23.1 Å². The van der Waals surface area contributed by atoms with Gasteiger partial charge in [-0.05, 0) is 50.5 Å². The Hall–Kier alpha value is -1.80. The lowest BCUT2D eigenvalue weighted by atomic mass is 10.1. The summed E-state index contributed by atoms with van der Waals surface area (Å²) in [5.74, 6) is 0.701. The summed E-state index contributed by atoms with van der Waals surface area (Å²) in [6.45, 7) is 6.38. The van der Waals surface area contributed by atoms with E-state index in [2.05, 4.69) is 5.32 Å². The maximum Gasteiger partial charge on any atom is 0.317 e. The molecule has 2 saturated heterocycles. The number of piperidine rings is 1. The predicted octanol–water partition coefficient (Wildman–Crippen LogP) is 1.57. The Morgan fingerprint density at radius 1 is 1.32 bits per heavy atom. The van der Waals surface area contributed by atoms with Crippen molar-refractivity contribution in [1.29, 1.82) is 0 Å². The summed E-state index contributed by atoms with van der Waals surface area (Å²) in [7, 11) is -3.58. The lowest BCUT2D eigenvalue weighted by Gasteiger charge is -2.36. The van der Waals surface area contributed by atoms with Crippen LogP contribution in [0.5, 0.6) is 5.75 Å². The first-order chi connectivity index (χ1) is 11.9. The molecule has 0 aromatic heterocycles. The third-order valence-corrected chi connectivity index (χ3v) is 6.63. The highest BCUT2D eigenvalue weighted by Gasteiger charge is 2.36. The van der Waals surface area contributed by atoms with Gasteiger partial charge in [0.15, 0.2) is 0 Å². The minimum Gasteiger partial charge on any atom is -0.494 e. The zero-order valence-corrected chi connectivity index (χ0v) is 15.5. The number of rotatable bonds is 5. The number of sulfonamides is 1. The van der Waals surface area contributed by atoms with Crippen molar-refractivity contribution in [3.8, 4) is 5.75 Å². The first-order valence-corrected chi connectivity index (χ1v) is 10.2. The second-order valence-electron chi connectivity index (χ2n) is 6.44. The number of aryl methyl sites for hydroxylation is 1. The molecule has 0 spiro atoms. The van der Waals surface area contributed by atoms with Gasteiger partial charge in [0.25, 0.3) is 0 Å². The van der Waals surface area contributed by atoms with Gasteiger partial charge in [-0.25, -0.2) is 13.2 Å². The summed E-state index contributed by atoms with van der Waals surface area (Å²) in [5.41, 5.74) is 0.801. The number of amides is 2. The third kappa shape index (κ3) is 3.59. The Kier molecular flexibility index (Phi) is 5.19. The van der Waals surface area contributed by atoms with Crippen molar-refractivity contribution in [3.63, 3.8) is 0 Å². The summed E-state index contributed by atoms with van der Waals surface area (Å²) >= 11 is 0. The largest absolute Gasteiger partial charge is 0.494 e. The molecule has 7 nitrogen and oxygen atoms in total. The minimum absolute atomic E-state index is 0.0604. The topological polar surface area (TPSA) is 79.0 Å². The molecule has 1 aromatic carbocycles. The lowest BCUT2D eigenvalue weighted by molar-refractivity contribution is 0.163. The normalized spacial score (nSPS) is 22.1. The van der Waals surface area contributed by atoms with E-state index in [0.29, 0.717) is 38.5 Å². The molecule has 1 aromatic rings. The quantitative estimate of drug-likeness (QED) is 0.857. The van der Waals surface area contributed by atoms with Crippen molar-refractivity contribution in [3.05, 3.63) is 23.8 Å². The Labute approximate surface area is 149 Å². The molecule has 0 saturated carbocycles. The van der Waals surface area contributed by atoms with Crippen LogP contribution >= 0.6 is 0 Å². The molecule has 0 bridgehead atoms. The highest BCUT2D eigenvalue weighted by molar-refractivity contribution is 7.89. The third-order valence-electron chi connectivity index (χ3n) is 4.77. The summed E-state index contributed by atoms with van der Waals surface area (Å²) < 4.78 is 33.0. The van der Waals surface area contributed by atoms with Crippen LogP contribution in [0, 0.1) is 6.92 Å². The van der Waals surface area contributed by atoms with E-state index in [1.807, 2.05) is 13.8 Å². The molecule has 0 aliphatic carbocycles. The van der Waals surface area contributed by atoms with Gasteiger partial charge < -0.3 is 15.0 Å². The van der Waals surface area contributed by atoms with Crippen LogP contribution < -0.4 is 10.1 Å². The highest BCUT2D eigenvalue weighted by atomic mass is 32.2. The molecular formula is C17H25N3O4S. The van der Waals surface area contributed by atoms with E-state index >= 15 is 0 Å². The summed E-state index contributed by atoms with van der Waals surface area (Å²) in [6.07, 6.45) is 1.59. The zero-order chi connectivity index (χ0) is 18.0. The Bertz CT molecular complexity index is 750. The molecule has 1 unspecified atom stereocenters. The predicted molar refractivity (Wildman–Crippen MR) is 94.2 cm³/mol. The molecule has 2 aliphatic rings. The standard InChI is InChI=1S/C17H25N3O4S/c1-3-24-16-7-6-15(11-13(16)2)25(22,23)19-9-4-5-14(12-19)20-10-8-18-17(20)21/h6-7,11,14H,3-5,8-10,12H2,1-2H3,(H,18,21). The van der Waals surface area contributed by atoms with E-state index in [9.17, 15) is 13.2 Å². The van der Waals surface area contributed by atoms with E-state index < -0.39 is 10.0 Å². The summed E-state index contributed by atoms with van der Waals surface area (Å²) in [6, 6.07) is 4.81. The van der Waals surface area contributed by atoms with Gasteiger partial charge in [-0.3, -0.25) is 0 Å². The molecule has 0 radical (unpaired) electrons. The van der Waals surface area contributed by atoms with Gasteiger partial charge in [-0.15, -0.1) is 0 Å². The average molecular weight is 367 g/mol. The lowest BCUT2D eigenvalue weighted by Crippen LogP contribution is -2.50. The second kappa shape index (κ2) is 7.21. The van der Waals surface area contributed by atoms with Crippen LogP contribution in [0.2, 0.25) is 0 Å². The summed E-state index contributed by atoms with van der Waals surface area (Å²) in [5, 5.41) is 2.78. The van der Waals surface area contributed by atoms with Crippen molar-refractivity contribution in [2.24, 2.45) is 0 Å². The Morgan fingerprint density at radius 3 is 2.76 bits per heavy atom. The number of carbonyl (C=O) groups excluding carboxylic acids is 1. The van der Waals surface area contributed by atoms with Gasteiger partial charge in [0.1, 0.15) is 5.75 Å². The van der Waals surface area contributed by atoms with Crippen molar-refractivity contribution < 1.29 is 17.9 Å². The number of ether oxygens (including phenoxy) is 1. The first-order valence-electron chi connectivity index (χ1n) is 8.71. The fourth-order valence-corrected chi connectivity index (χ4v) is 5.08. The molecule has 1 N–H and O–H groups in total. The molecule has 2 fully saturated rings. The number of carbonyl (C=O) groups is 1. The van der Waals surface area contributed by atoms with Gasteiger partial charge in [-0.2, -0.15) is 4.31 Å². The maximum atomic E-state index is 13.0. The van der Waals surface area contributed by atoms with Gasteiger partial charge in [0, 0.05) is 32.2 Å². The van der Waals surface area contributed by atoms with Crippen LogP contribution in [-0.4, -0.2) is 62.5 Å². The summed E-state index contributed by atoms with van der Waals surface area (Å²) in [4.78, 5) is 13.9. The Balaban J connectivity index is 1.79. The number of hydrogen-bond acceptors (Lipinski definition) is 4. The van der Waals surface area contributed by atoms with Crippen LogP contribution in [0.15, 0.2) is 23.1 Å². The van der Waals surface area contributed by atoms with Gasteiger partial charge in [-0.1, -0.05) is 0 Å². The van der Waals surface area contributed by atoms with Crippen molar-refractivity contribution >= 4 is 16.1 Å². The minimum atomic E-state index is -3.58. The van der Waals surface area contributed by atoms with Crippen molar-refractivity contribution in [1.82, 2.24) is 14.5 Å². The maximum absolute atomic E-state index is 13.0. The van der Waals surface area contributed by atoms with Crippen LogP contribution in [0.1, 0.15) is 25.3 Å². The van der Waals surface area contributed by atoms with Gasteiger partial charge in [0.2, 0.25) is 10.0 Å². The van der Waals surface area contributed by atoms with Gasteiger partial charge in [0.05, 0.1) is 11.5 Å². The zero-order valence-electron chi connectivity index (χ0n) is 14.7. The number of urea groups is 1. The highest BCUT2D eigenvalue weighted by Crippen LogP contribution is 2.27. The smallest absolute Gasteiger partial charge is 0.317 e. The average Bonchev–Trinajstić information content (AvgIpc) is 3.03. The van der Waals surface area contributed by atoms with Crippen molar-refractivity contribution in [2.45, 2.75) is 37.6 Å². The molecule has 3 rings (SSSR count). The van der Waals surface area contributed by atoms with Crippen LogP contribution in [-0.2, 0) is 10.0 Å². The fraction of sp³-hybridized carbons (Fsp3) is 0.588. The fourth-order valence-electron chi connectivity index (χ4n) is 3.48. The molecule has 8 heteroatoms. The SMILES string of the molecule is CCOc1ccc(S(=O)(=O)N2CCCC(N3CCNC3=O)C2)cc1C. The van der Waals surface area contributed by atoms with Gasteiger partial charge >= 0.3 is 6.03 Å². The second-order valence-corrected chi connectivity index (χ2v) is 8.38. The molecule has 2 amide bonds. The molecular weight excluding hydrogens is 342 g/mol. The van der Waals surface area contributed by atoms with E-state index in [1.165, 1.54) is 4.31 Å². The van der Waals surface area contributed by atoms with Crippen LogP contribution in [0.25, 0.3) is 0 Å². The molecule has 1 atom stereocenters. The van der Waals surface area contributed by atoms with Crippen molar-refractivity contribution in [2.75, 3.05) is 32.8 Å². The molecule has 2 heterocycles. The van der Waals surface area contributed by atoms with Crippen LogP contribution in [0.4, 0.5) is 4.79 Å². The van der Waals surface area contributed by atoms with E-state index in [-0.39, 0.29) is 17.0 Å². The molecule has 2 aliphatic heterocycles. The molecule has 25 heavy (non-hydrogen) atoms. The molecule has 138 valence electrons. The number of benzene rings is 1. The monoisotopic (exact) mass is 367 g/mol. The van der Waals surface area contributed by atoms with E-state index in [0.717, 1.165) is 18.4 Å². The number of nitrogens with zero attached hydrogens (tertiary/aromatic N) is 2. The van der Waals surface area contributed by atoms with E-state index in [4.69, 9.17) is 4.74 Å².